The Morgan fingerprint density at radius 1 is 1.12 bits per heavy atom. The van der Waals surface area contributed by atoms with E-state index in [2.05, 4.69) is 20.8 Å². The molecule has 0 aromatic rings. The molecule has 3 aliphatic carbocycles. The van der Waals surface area contributed by atoms with Crippen molar-refractivity contribution in [2.24, 2.45) is 29.1 Å². The average Bonchev–Trinajstić information content (AvgIpc) is 3.46. The molecule has 2 saturated heterocycles. The Balaban J connectivity index is 1.31. The highest BCUT2D eigenvalue weighted by molar-refractivity contribution is 5.86. The number of fused-ring (bicyclic) bond motifs is 1. The lowest BCUT2D eigenvalue weighted by Gasteiger charge is -2.42. The van der Waals surface area contributed by atoms with Crippen LogP contribution in [-0.4, -0.2) is 73.5 Å². The summed E-state index contributed by atoms with van der Waals surface area (Å²) in [6, 6.07) is 0. The molecule has 6 atom stereocenters. The summed E-state index contributed by atoms with van der Waals surface area (Å²) in [6.45, 7) is 9.11. The summed E-state index contributed by atoms with van der Waals surface area (Å²) in [4.78, 5) is 40.9. The Kier molecular flexibility index (Phi) is 5.52. The number of nitrogens with zero attached hydrogens (tertiary/aromatic N) is 1. The lowest BCUT2D eigenvalue weighted by Crippen LogP contribution is -2.50. The van der Waals surface area contributed by atoms with Crippen LogP contribution in [0.15, 0.2) is 0 Å². The molecule has 8 nitrogen and oxygen atoms in total. The third-order valence-electron chi connectivity index (χ3n) is 8.62. The van der Waals surface area contributed by atoms with Gasteiger partial charge in [-0.2, -0.15) is 0 Å². The van der Waals surface area contributed by atoms with Crippen molar-refractivity contribution in [2.75, 3.05) is 32.8 Å². The molecule has 2 heterocycles. The van der Waals surface area contributed by atoms with E-state index in [0.29, 0.717) is 32.7 Å². The highest BCUT2D eigenvalue weighted by Crippen LogP contribution is 2.59. The van der Waals surface area contributed by atoms with Gasteiger partial charge < -0.3 is 18.9 Å². The molecule has 0 radical (unpaired) electrons. The van der Waals surface area contributed by atoms with Crippen LogP contribution in [0.2, 0.25) is 0 Å². The summed E-state index contributed by atoms with van der Waals surface area (Å²) in [6.07, 6.45) is 3.44. The van der Waals surface area contributed by atoms with Gasteiger partial charge in [-0.15, -0.1) is 0 Å². The van der Waals surface area contributed by atoms with Crippen molar-refractivity contribution >= 4 is 17.9 Å². The lowest BCUT2D eigenvalue weighted by atomic mass is 9.74. The molecule has 0 aromatic heterocycles. The molecule has 0 spiro atoms. The molecule has 3 saturated carbocycles. The second-order valence-electron chi connectivity index (χ2n) is 11.2. The van der Waals surface area contributed by atoms with E-state index in [1.165, 1.54) is 0 Å². The van der Waals surface area contributed by atoms with Crippen LogP contribution in [0, 0.1) is 29.1 Å². The number of rotatable bonds is 5. The second-order valence-corrected chi connectivity index (χ2v) is 11.2. The van der Waals surface area contributed by atoms with Crippen LogP contribution in [0.5, 0.6) is 0 Å². The van der Waals surface area contributed by atoms with Gasteiger partial charge in [-0.1, -0.05) is 20.8 Å². The molecule has 5 rings (SSSR count). The van der Waals surface area contributed by atoms with Gasteiger partial charge in [0.2, 0.25) is 0 Å². The van der Waals surface area contributed by atoms with Crippen molar-refractivity contribution in [1.82, 2.24) is 4.90 Å². The normalized spacial score (nSPS) is 38.0. The summed E-state index contributed by atoms with van der Waals surface area (Å²) in [5.74, 6) is -2.34. The molecule has 5 fully saturated rings. The van der Waals surface area contributed by atoms with Crippen LogP contribution in [0.3, 0.4) is 0 Å². The van der Waals surface area contributed by atoms with Crippen LogP contribution in [0.4, 0.5) is 0 Å². The standard InChI is InChI=1S/C24H35NO7/c1-23(2,3)24(6-4-5-7-24)32-22(28)18-15-12-14-17(18)21(27)31-20(14)19(15)30-16(26)13-25-8-10-29-11-9-25/h14-15,17-20H,4-13H2,1-3H3. The number of carbonyl (C=O) groups is 3. The Bertz CT molecular complexity index is 778. The van der Waals surface area contributed by atoms with Crippen molar-refractivity contribution in [1.29, 1.82) is 0 Å². The fourth-order valence-corrected chi connectivity index (χ4v) is 6.81. The summed E-state index contributed by atoms with van der Waals surface area (Å²) in [5.41, 5.74) is -0.685. The molecule has 8 heteroatoms. The molecule has 0 N–H and O–H groups in total. The Hall–Kier alpha value is -1.67. The smallest absolute Gasteiger partial charge is 0.320 e. The SMILES string of the molecule is CC(C)(C)C1(OC(=O)C2C3CC4C(OC(=O)C42)C3OC(=O)CN2CCOCC2)CCCC1. The third kappa shape index (κ3) is 3.54. The number of morpholine rings is 1. The van der Waals surface area contributed by atoms with Crippen LogP contribution in [-0.2, 0) is 33.3 Å². The van der Waals surface area contributed by atoms with E-state index in [0.717, 1.165) is 25.7 Å². The lowest BCUT2D eigenvalue weighted by molar-refractivity contribution is -0.185. The minimum Gasteiger partial charge on any atom is -0.458 e. The fourth-order valence-electron chi connectivity index (χ4n) is 6.81. The van der Waals surface area contributed by atoms with Crippen molar-refractivity contribution in [2.45, 2.75) is 70.7 Å². The summed E-state index contributed by atoms with van der Waals surface area (Å²) in [7, 11) is 0. The molecule has 5 aliphatic rings. The maximum Gasteiger partial charge on any atom is 0.320 e. The van der Waals surface area contributed by atoms with E-state index < -0.39 is 29.6 Å². The largest absolute Gasteiger partial charge is 0.458 e. The van der Waals surface area contributed by atoms with E-state index in [1.807, 2.05) is 4.90 Å². The predicted octanol–water partition coefficient (Wildman–Crippen LogP) is 1.94. The molecule has 0 aromatic carbocycles. The van der Waals surface area contributed by atoms with Gasteiger partial charge in [0.15, 0.2) is 0 Å². The van der Waals surface area contributed by atoms with Gasteiger partial charge in [-0.3, -0.25) is 19.3 Å². The minimum atomic E-state index is -0.590. The predicted molar refractivity (Wildman–Crippen MR) is 112 cm³/mol. The van der Waals surface area contributed by atoms with Crippen LogP contribution >= 0.6 is 0 Å². The van der Waals surface area contributed by atoms with Crippen LogP contribution in [0.1, 0.15) is 52.9 Å². The van der Waals surface area contributed by atoms with E-state index in [1.54, 1.807) is 0 Å². The average molecular weight is 450 g/mol. The Labute approximate surface area is 189 Å². The monoisotopic (exact) mass is 449 g/mol. The minimum absolute atomic E-state index is 0.0691. The number of ether oxygens (including phenoxy) is 4. The molecule has 6 unspecified atom stereocenters. The van der Waals surface area contributed by atoms with Crippen molar-refractivity contribution in [3.8, 4) is 0 Å². The first-order valence-electron chi connectivity index (χ1n) is 12.1. The van der Waals surface area contributed by atoms with Gasteiger partial charge in [0.05, 0.1) is 31.6 Å². The van der Waals surface area contributed by atoms with Gasteiger partial charge >= 0.3 is 17.9 Å². The first-order valence-corrected chi connectivity index (χ1v) is 12.1. The number of esters is 3. The van der Waals surface area contributed by atoms with E-state index in [9.17, 15) is 14.4 Å². The van der Waals surface area contributed by atoms with Gasteiger partial charge in [-0.25, -0.2) is 0 Å². The molecule has 0 amide bonds. The highest BCUT2D eigenvalue weighted by Gasteiger charge is 2.70. The van der Waals surface area contributed by atoms with Crippen molar-refractivity contribution < 1.29 is 33.3 Å². The molecular weight excluding hydrogens is 414 g/mol. The summed E-state index contributed by atoms with van der Waals surface area (Å²) >= 11 is 0. The fraction of sp³-hybridized carbons (Fsp3) is 0.875. The molecule has 2 bridgehead atoms. The van der Waals surface area contributed by atoms with Crippen molar-refractivity contribution in [3.63, 3.8) is 0 Å². The number of carbonyl (C=O) groups excluding carboxylic acids is 3. The molecule has 2 aliphatic heterocycles. The van der Waals surface area contributed by atoms with Crippen LogP contribution < -0.4 is 0 Å². The van der Waals surface area contributed by atoms with Gasteiger partial charge in [0.25, 0.3) is 0 Å². The second kappa shape index (κ2) is 7.97. The van der Waals surface area contributed by atoms with Gasteiger partial charge in [0.1, 0.15) is 17.8 Å². The Morgan fingerprint density at radius 2 is 1.81 bits per heavy atom. The van der Waals surface area contributed by atoms with Gasteiger partial charge in [0, 0.05) is 30.3 Å². The zero-order valence-electron chi connectivity index (χ0n) is 19.3. The maximum atomic E-state index is 13.5. The highest BCUT2D eigenvalue weighted by atomic mass is 16.6. The number of hydrogen-bond acceptors (Lipinski definition) is 8. The van der Waals surface area contributed by atoms with E-state index in [-0.39, 0.29) is 41.7 Å². The quantitative estimate of drug-likeness (QED) is 0.465. The van der Waals surface area contributed by atoms with Crippen LogP contribution in [0.25, 0.3) is 0 Å². The Morgan fingerprint density at radius 3 is 2.47 bits per heavy atom. The third-order valence-corrected chi connectivity index (χ3v) is 8.62. The van der Waals surface area contributed by atoms with Gasteiger partial charge in [-0.05, 0) is 32.1 Å². The molecular formula is C24H35NO7. The molecule has 32 heavy (non-hydrogen) atoms. The van der Waals surface area contributed by atoms with Crippen molar-refractivity contribution in [3.05, 3.63) is 0 Å². The maximum absolute atomic E-state index is 13.5. The van der Waals surface area contributed by atoms with E-state index in [4.69, 9.17) is 18.9 Å². The molecule has 178 valence electrons. The van der Waals surface area contributed by atoms with E-state index >= 15 is 0 Å². The first kappa shape index (κ1) is 22.1. The zero-order chi connectivity index (χ0) is 22.7. The summed E-state index contributed by atoms with van der Waals surface area (Å²) in [5, 5.41) is 0. The zero-order valence-corrected chi connectivity index (χ0v) is 19.3. The number of hydrogen-bond donors (Lipinski definition) is 0. The summed E-state index contributed by atoms with van der Waals surface area (Å²) < 4.78 is 23.1. The first-order chi connectivity index (χ1) is 15.2. The topological polar surface area (TPSA) is 91.4 Å².